The lowest BCUT2D eigenvalue weighted by molar-refractivity contribution is 0.660. The van der Waals surface area contributed by atoms with Crippen LogP contribution in [0.5, 0.6) is 0 Å². The zero-order valence-corrected chi connectivity index (χ0v) is 73.0. The summed E-state index contributed by atoms with van der Waals surface area (Å²) in [5.41, 5.74) is 47.7. The first-order chi connectivity index (χ1) is 64.9. The van der Waals surface area contributed by atoms with Crippen molar-refractivity contribution in [3.8, 4) is 128 Å². The third-order valence-corrected chi connectivity index (χ3v) is 30.7. The third kappa shape index (κ3) is 10.0. The van der Waals surface area contributed by atoms with Crippen molar-refractivity contribution in [3.05, 3.63) is 463 Å². The van der Waals surface area contributed by atoms with Crippen molar-refractivity contribution in [3.63, 3.8) is 0 Å². The average Bonchev–Trinajstić information content (AvgIpc) is 1.50. The predicted octanol–water partition coefficient (Wildman–Crippen LogP) is 33.7. The van der Waals surface area contributed by atoms with E-state index in [0.717, 1.165) is 139 Å². The first kappa shape index (κ1) is 73.4. The number of para-hydroxylation sites is 4. The Bertz CT molecular complexity index is 9370. The lowest BCUT2D eigenvalue weighted by atomic mass is 9.70. The quantitative estimate of drug-likeness (QED) is 0.145. The summed E-state index contributed by atoms with van der Waals surface area (Å²) >= 11 is 0. The van der Waals surface area contributed by atoms with Gasteiger partial charge in [0, 0.05) is 92.9 Å². The molecule has 5 heterocycles. The van der Waals surface area contributed by atoms with Gasteiger partial charge in [-0.05, 0) is 278 Å². The van der Waals surface area contributed by atoms with Gasteiger partial charge in [0.1, 0.15) is 22.3 Å². The topological polar surface area (TPSA) is 41.1 Å². The second-order valence-electron chi connectivity index (χ2n) is 38.0. The summed E-state index contributed by atoms with van der Waals surface area (Å²) in [5.74, 6) is 0. The molecule has 5 aromatic heterocycles. The van der Waals surface area contributed by atoms with Crippen LogP contribution in [0.4, 0.5) is 0 Å². The Morgan fingerprint density at radius 2 is 0.523 bits per heavy atom. The Hall–Kier alpha value is -16.6. The highest BCUT2D eigenvalue weighted by Gasteiger charge is 2.52. The molecule has 4 aliphatic rings. The second-order valence-corrected chi connectivity index (χ2v) is 38.0. The SMILES string of the molecule is CC1(C)c2ccccc2-c2ccc(-c3ccc4c(c3)c3cc5c(cc3n4-c3ccc(-c4cc(-c6ccccc6-c6cccc(-n7c8ccccc8c8cc(-c9ccc%10c(c9)c9cc%11c(cc9n%10-c9ccc(-c%10cccc%12c%10oc%10ccccc%10%12)cc9)C9(c%10ccccc%10-c%10ccccc%109)c9ccccc9-%11)ccc87)c6)cc6c4oc4ccccc46)cc3)C(C)(C)c3ccccc3-5)cc21. The molecule has 25 aromatic rings. The van der Waals surface area contributed by atoms with E-state index in [9.17, 15) is 0 Å². The van der Waals surface area contributed by atoms with Gasteiger partial charge in [0.2, 0.25) is 0 Å². The maximum atomic E-state index is 7.03. The number of hydrogen-bond donors (Lipinski definition) is 0. The van der Waals surface area contributed by atoms with Gasteiger partial charge >= 0.3 is 0 Å². The van der Waals surface area contributed by atoms with Crippen molar-refractivity contribution in [1.29, 1.82) is 0 Å². The van der Waals surface area contributed by atoms with E-state index in [-0.39, 0.29) is 10.8 Å². The summed E-state index contributed by atoms with van der Waals surface area (Å²) in [6.45, 7) is 9.53. The second kappa shape index (κ2) is 26.8. The van der Waals surface area contributed by atoms with Crippen molar-refractivity contribution < 1.29 is 8.83 Å². The van der Waals surface area contributed by atoms with Gasteiger partial charge in [0.05, 0.1) is 38.5 Å². The van der Waals surface area contributed by atoms with E-state index in [4.69, 9.17) is 8.83 Å². The maximum absolute atomic E-state index is 7.03. The summed E-state index contributed by atoms with van der Waals surface area (Å²) < 4.78 is 21.2. The first-order valence-corrected chi connectivity index (χ1v) is 46.1. The summed E-state index contributed by atoms with van der Waals surface area (Å²) in [7, 11) is 0. The van der Waals surface area contributed by atoms with Gasteiger partial charge in [-0.2, -0.15) is 0 Å². The zero-order valence-electron chi connectivity index (χ0n) is 73.0. The van der Waals surface area contributed by atoms with Crippen LogP contribution in [-0.4, -0.2) is 13.7 Å². The Morgan fingerprint density at radius 1 is 0.167 bits per heavy atom. The highest BCUT2D eigenvalue weighted by molar-refractivity contribution is 6.18. The number of fused-ring (bicyclic) bond motifs is 31. The molecule has 0 amide bonds. The lowest BCUT2D eigenvalue weighted by Crippen LogP contribution is -2.25. The molecule has 0 fully saturated rings. The lowest BCUT2D eigenvalue weighted by Gasteiger charge is -2.30. The fourth-order valence-corrected chi connectivity index (χ4v) is 24.6. The van der Waals surface area contributed by atoms with Gasteiger partial charge in [0.15, 0.2) is 0 Å². The molecule has 0 radical (unpaired) electrons. The molecule has 4 aliphatic carbocycles. The van der Waals surface area contributed by atoms with Crippen LogP contribution in [0.2, 0.25) is 0 Å². The molecule has 29 rings (SSSR count). The van der Waals surface area contributed by atoms with Crippen LogP contribution < -0.4 is 0 Å². The van der Waals surface area contributed by atoms with E-state index in [1.54, 1.807) is 0 Å². The van der Waals surface area contributed by atoms with E-state index in [1.807, 2.05) is 6.07 Å². The minimum Gasteiger partial charge on any atom is -0.455 e. The van der Waals surface area contributed by atoms with E-state index >= 15 is 0 Å². The van der Waals surface area contributed by atoms with Crippen LogP contribution in [-0.2, 0) is 16.2 Å². The Morgan fingerprint density at radius 3 is 1.10 bits per heavy atom. The molecule has 5 nitrogen and oxygen atoms in total. The number of aromatic nitrogens is 3. The van der Waals surface area contributed by atoms with Gasteiger partial charge in [-0.25, -0.2) is 0 Å². The summed E-state index contributed by atoms with van der Waals surface area (Å²) in [5, 5.41) is 11.7. The van der Waals surface area contributed by atoms with E-state index in [0.29, 0.717) is 0 Å². The van der Waals surface area contributed by atoms with Gasteiger partial charge in [-0.1, -0.05) is 313 Å². The molecule has 0 atom stereocenters. The monoisotopic (exact) mass is 1680 g/mol. The summed E-state index contributed by atoms with van der Waals surface area (Å²) in [6.07, 6.45) is 0. The minimum absolute atomic E-state index is 0.110. The van der Waals surface area contributed by atoms with Crippen LogP contribution in [0, 0.1) is 0 Å². The molecule has 132 heavy (non-hydrogen) atoms. The highest BCUT2D eigenvalue weighted by Crippen LogP contribution is 2.64. The number of benzene rings is 20. The van der Waals surface area contributed by atoms with Crippen LogP contribution >= 0.6 is 0 Å². The number of furan rings is 2. The van der Waals surface area contributed by atoms with Crippen molar-refractivity contribution in [2.75, 3.05) is 0 Å². The molecule has 1 spiro atoms. The van der Waals surface area contributed by atoms with E-state index in [1.165, 1.54) is 143 Å². The molecular weight excluding hydrogens is 1600 g/mol. The maximum Gasteiger partial charge on any atom is 0.143 e. The van der Waals surface area contributed by atoms with Crippen molar-refractivity contribution in [2.45, 2.75) is 43.9 Å². The molecule has 616 valence electrons. The predicted molar refractivity (Wildman–Crippen MR) is 548 cm³/mol. The number of hydrogen-bond acceptors (Lipinski definition) is 2. The summed E-state index contributed by atoms with van der Waals surface area (Å²) in [6, 6.07) is 158. The molecule has 5 heteroatoms. The van der Waals surface area contributed by atoms with Crippen LogP contribution in [0.25, 0.3) is 238 Å². The van der Waals surface area contributed by atoms with Crippen molar-refractivity contribution in [1.82, 2.24) is 13.7 Å². The normalized spacial score (nSPS) is 13.9. The Kier molecular flexibility index (Phi) is 14.9. The molecule has 0 unspecified atom stereocenters. The molecular formula is C127H81N3O2. The van der Waals surface area contributed by atoms with Crippen LogP contribution in [0.3, 0.4) is 0 Å². The molecule has 0 bridgehead atoms. The molecule has 20 aromatic carbocycles. The van der Waals surface area contributed by atoms with E-state index < -0.39 is 5.41 Å². The summed E-state index contributed by atoms with van der Waals surface area (Å²) in [4.78, 5) is 0. The van der Waals surface area contributed by atoms with Gasteiger partial charge < -0.3 is 22.5 Å². The standard InChI is InChI=1S/C127H81N3O2/c1-125(2)107-39-15-7-29-88(107)93-59-51-79(69-112(93)125)78-54-62-117-103(66-78)104-70-99-91-32-8-16-40-108(91)126(3,4)113(99)72-119(104)128(117)83-57-49-75(50-58-83)98-67-81(68-106-96-36-14-22-46-122(96)132-124(98)106)86-28-6-5-27-85(86)80-25-23-26-84(63-80)130-115-44-20-12-34-94(115)101-64-76(52-60-116(101)130)77-53-61-118-102(65-77)105-71-100-92-33-11-19-43-111(92)127(109-41-17-9-30-89(109)90-31-10-18-42-110(90)127)114(100)73-120(105)129(118)82-55-47-74(48-56-82)87-37-24-38-97-95-35-13-21-45-121(95)131-123(87)97/h5-73H,1-4H3. The molecule has 0 N–H and O–H groups in total. The highest BCUT2D eigenvalue weighted by atomic mass is 16.3. The fraction of sp³-hybridized carbons (Fsp3) is 0.0551. The zero-order chi connectivity index (χ0) is 86.9. The molecule has 0 saturated heterocycles. The molecule has 0 saturated carbocycles. The fourth-order valence-electron chi connectivity index (χ4n) is 24.6. The molecule has 0 aliphatic heterocycles. The number of nitrogens with zero attached hydrogens (tertiary/aromatic N) is 3. The minimum atomic E-state index is -0.513. The van der Waals surface area contributed by atoms with Crippen molar-refractivity contribution in [2.24, 2.45) is 0 Å². The Labute approximate surface area is 761 Å². The largest absolute Gasteiger partial charge is 0.455 e. The average molecular weight is 1680 g/mol. The van der Waals surface area contributed by atoms with Gasteiger partial charge in [-0.3, -0.25) is 0 Å². The van der Waals surface area contributed by atoms with Crippen LogP contribution in [0.1, 0.15) is 72.2 Å². The first-order valence-electron chi connectivity index (χ1n) is 46.1. The van der Waals surface area contributed by atoms with Crippen LogP contribution in [0.15, 0.2) is 427 Å². The Balaban J connectivity index is 0.541. The smallest absolute Gasteiger partial charge is 0.143 e. The number of rotatable bonds is 9. The van der Waals surface area contributed by atoms with Gasteiger partial charge in [-0.15, -0.1) is 0 Å². The van der Waals surface area contributed by atoms with Crippen molar-refractivity contribution >= 4 is 109 Å². The van der Waals surface area contributed by atoms with Gasteiger partial charge in [0.25, 0.3) is 0 Å². The van der Waals surface area contributed by atoms with E-state index in [2.05, 4.69) is 454 Å². The third-order valence-electron chi connectivity index (χ3n) is 30.7.